The van der Waals surface area contributed by atoms with Gasteiger partial charge < -0.3 is 15.4 Å². The van der Waals surface area contributed by atoms with Crippen molar-refractivity contribution in [3.05, 3.63) is 99.0 Å². The van der Waals surface area contributed by atoms with Crippen LogP contribution in [-0.2, 0) is 15.7 Å². The Morgan fingerprint density at radius 2 is 1.56 bits per heavy atom. The average Bonchev–Trinajstić information content (AvgIpc) is 3.31. The van der Waals surface area contributed by atoms with E-state index in [1.807, 2.05) is 76.2 Å². The van der Waals surface area contributed by atoms with Gasteiger partial charge in [-0.25, -0.2) is 4.79 Å². The molecule has 2 atom stereocenters. The molecule has 3 aromatic carbocycles. The van der Waals surface area contributed by atoms with Crippen molar-refractivity contribution in [2.45, 2.75) is 51.6 Å². The molecule has 2 N–H and O–H groups in total. The van der Waals surface area contributed by atoms with Crippen LogP contribution in [0.2, 0.25) is 10.0 Å². The zero-order chi connectivity index (χ0) is 32.5. The van der Waals surface area contributed by atoms with E-state index in [9.17, 15) is 9.59 Å². The fourth-order valence-corrected chi connectivity index (χ4v) is 6.40. The van der Waals surface area contributed by atoms with Crippen molar-refractivity contribution >= 4 is 41.0 Å². The number of carbonyl (C=O) groups is 2. The van der Waals surface area contributed by atoms with Crippen LogP contribution >= 0.6 is 23.2 Å². The molecule has 8 nitrogen and oxygen atoms in total. The smallest absolute Gasteiger partial charge is 0.326 e. The predicted molar refractivity (Wildman–Crippen MR) is 180 cm³/mol. The number of primary amides is 1. The number of benzene rings is 3. The lowest BCUT2D eigenvalue weighted by Crippen LogP contribution is -2.55. The molecule has 0 aliphatic carbocycles. The summed E-state index contributed by atoms with van der Waals surface area (Å²) in [5.74, 6) is 0.816. The van der Waals surface area contributed by atoms with Crippen LogP contribution in [0.1, 0.15) is 62.9 Å². The lowest BCUT2D eigenvalue weighted by atomic mass is 9.81. The van der Waals surface area contributed by atoms with Crippen molar-refractivity contribution in [2.24, 2.45) is 10.7 Å². The quantitative estimate of drug-likeness (QED) is 0.311. The van der Waals surface area contributed by atoms with Gasteiger partial charge in [0, 0.05) is 36.2 Å². The Hall–Kier alpha value is -3.59. The predicted octanol–water partition coefficient (Wildman–Crippen LogP) is 6.63. The third-order valence-electron chi connectivity index (χ3n) is 8.59. The highest BCUT2D eigenvalue weighted by Gasteiger charge is 2.51. The number of halogens is 2. The summed E-state index contributed by atoms with van der Waals surface area (Å²) < 4.78 is 6.24. The van der Waals surface area contributed by atoms with Gasteiger partial charge in [0.15, 0.2) is 0 Å². The molecule has 5 rings (SSSR count). The molecule has 0 saturated carbocycles. The Kier molecular flexibility index (Phi) is 9.49. The lowest BCUT2D eigenvalue weighted by Gasteiger charge is -2.40. The molecule has 2 aliphatic heterocycles. The summed E-state index contributed by atoms with van der Waals surface area (Å²) in [7, 11) is 0. The molecule has 1 fully saturated rings. The van der Waals surface area contributed by atoms with Crippen molar-refractivity contribution in [2.75, 3.05) is 39.3 Å². The summed E-state index contributed by atoms with van der Waals surface area (Å²) in [6.45, 7) is 13.1. The number of hydrogen-bond donors (Lipinski definition) is 1. The van der Waals surface area contributed by atoms with Gasteiger partial charge in [0.05, 0.1) is 24.8 Å². The average molecular weight is 651 g/mol. The molecule has 0 radical (unpaired) electrons. The van der Waals surface area contributed by atoms with E-state index in [-0.39, 0.29) is 23.9 Å². The van der Waals surface area contributed by atoms with Gasteiger partial charge in [-0.3, -0.25) is 19.6 Å². The first-order valence-electron chi connectivity index (χ1n) is 15.3. The summed E-state index contributed by atoms with van der Waals surface area (Å²) >= 11 is 12.7. The number of amidine groups is 1. The molecule has 2 heterocycles. The number of hydrogen-bond acceptors (Lipinski definition) is 5. The normalized spacial score (nSPS) is 20.7. The van der Waals surface area contributed by atoms with Gasteiger partial charge in [0.25, 0.3) is 0 Å². The number of carbonyl (C=O) groups excluding carboxylic acids is 2. The van der Waals surface area contributed by atoms with Gasteiger partial charge in [-0.15, -0.1) is 0 Å². The Balaban J connectivity index is 1.69. The van der Waals surface area contributed by atoms with Crippen LogP contribution in [0.15, 0.2) is 71.7 Å². The van der Waals surface area contributed by atoms with E-state index < -0.39 is 11.6 Å². The zero-order valence-corrected chi connectivity index (χ0v) is 28.0. The zero-order valence-electron chi connectivity index (χ0n) is 26.5. The van der Waals surface area contributed by atoms with Crippen LogP contribution in [0.4, 0.5) is 4.79 Å². The Morgan fingerprint density at radius 1 is 0.956 bits per heavy atom. The van der Waals surface area contributed by atoms with Gasteiger partial charge in [-0.05, 0) is 72.4 Å². The number of nitrogens with zero attached hydrogens (tertiary/aromatic N) is 4. The van der Waals surface area contributed by atoms with Crippen molar-refractivity contribution in [1.29, 1.82) is 0 Å². The molecule has 3 aromatic rings. The second-order valence-electron chi connectivity index (χ2n) is 12.8. The fourth-order valence-electron chi connectivity index (χ4n) is 6.15. The maximum Gasteiger partial charge on any atom is 0.326 e. The molecule has 2 aliphatic rings. The lowest BCUT2D eigenvalue weighted by molar-refractivity contribution is -0.119. The van der Waals surface area contributed by atoms with Gasteiger partial charge in [-0.2, -0.15) is 0 Å². The minimum atomic E-state index is -0.886. The second kappa shape index (κ2) is 13.0. The van der Waals surface area contributed by atoms with Crippen LogP contribution < -0.4 is 10.5 Å². The largest absolute Gasteiger partial charge is 0.493 e. The van der Waals surface area contributed by atoms with E-state index in [1.54, 1.807) is 0 Å². The van der Waals surface area contributed by atoms with Crippen LogP contribution in [-0.4, -0.2) is 71.8 Å². The molecule has 1 saturated heterocycles. The number of urea groups is 1. The van der Waals surface area contributed by atoms with E-state index in [0.29, 0.717) is 54.4 Å². The Bertz CT molecular complexity index is 1580. The van der Waals surface area contributed by atoms with Crippen LogP contribution in [0.3, 0.4) is 0 Å². The minimum absolute atomic E-state index is 0.106. The highest BCUT2D eigenvalue weighted by molar-refractivity contribution is 6.30. The van der Waals surface area contributed by atoms with Crippen molar-refractivity contribution in [3.63, 3.8) is 0 Å². The van der Waals surface area contributed by atoms with E-state index >= 15 is 0 Å². The third kappa shape index (κ3) is 6.83. The molecule has 0 bridgehead atoms. The molecule has 0 unspecified atom stereocenters. The first-order valence-corrected chi connectivity index (χ1v) is 16.0. The summed E-state index contributed by atoms with van der Waals surface area (Å²) in [6.07, 6.45) is 0. The van der Waals surface area contributed by atoms with E-state index in [2.05, 4.69) is 39.8 Å². The third-order valence-corrected chi connectivity index (χ3v) is 9.09. The summed E-state index contributed by atoms with van der Waals surface area (Å²) in [4.78, 5) is 37.4. The Morgan fingerprint density at radius 3 is 2.11 bits per heavy atom. The maximum absolute atomic E-state index is 14.8. The monoisotopic (exact) mass is 649 g/mol. The van der Waals surface area contributed by atoms with E-state index in [0.717, 1.165) is 22.3 Å². The van der Waals surface area contributed by atoms with Crippen LogP contribution in [0.5, 0.6) is 5.75 Å². The fraction of sp³-hybridized carbons (Fsp3) is 0.400. The van der Waals surface area contributed by atoms with Gasteiger partial charge in [0.1, 0.15) is 17.1 Å². The van der Waals surface area contributed by atoms with Gasteiger partial charge >= 0.3 is 6.03 Å². The van der Waals surface area contributed by atoms with Gasteiger partial charge in [0.2, 0.25) is 5.91 Å². The van der Waals surface area contributed by atoms with Crippen molar-refractivity contribution in [3.8, 4) is 5.75 Å². The number of rotatable bonds is 7. The SMILES string of the molecule is CCOc1cc(C(C)(C)C)ccc1C1=N[C@@](C)(c2ccc(Cl)cc2)[C@@H](c2ccc(Cl)cc2)N1C(=O)N1CCN(CC(N)=O)CC1. The molecule has 0 spiro atoms. The number of nitrogens with two attached hydrogens (primary N) is 1. The number of ether oxygens (including phenoxy) is 1. The summed E-state index contributed by atoms with van der Waals surface area (Å²) in [5.41, 5.74) is 8.11. The molecule has 3 amide bonds. The maximum atomic E-state index is 14.8. The minimum Gasteiger partial charge on any atom is -0.493 e. The highest BCUT2D eigenvalue weighted by Crippen LogP contribution is 2.50. The second-order valence-corrected chi connectivity index (χ2v) is 13.7. The topological polar surface area (TPSA) is 91.5 Å². The number of amides is 3. The summed E-state index contributed by atoms with van der Waals surface area (Å²) in [6, 6.07) is 20.7. The number of piperazine rings is 1. The Labute approximate surface area is 275 Å². The first kappa shape index (κ1) is 32.8. The molecular weight excluding hydrogens is 609 g/mol. The van der Waals surface area contributed by atoms with E-state index in [1.165, 1.54) is 0 Å². The van der Waals surface area contributed by atoms with Crippen LogP contribution in [0.25, 0.3) is 0 Å². The van der Waals surface area contributed by atoms with Crippen LogP contribution in [0, 0.1) is 0 Å². The van der Waals surface area contributed by atoms with E-state index in [4.69, 9.17) is 38.7 Å². The standard InChI is InChI=1S/C35H41Cl2N5O3/c1-6-45-29-21-25(34(2,3)4)11-16-28(29)32-39-35(5,24-9-14-27(37)15-10-24)31(23-7-12-26(36)13-8-23)42(32)33(44)41-19-17-40(18-20-41)22-30(38)43/h7-16,21,31H,6,17-20,22H2,1-5H3,(H2,38,43)/t31-,35+/m1/s1. The molecular formula is C35H41Cl2N5O3. The molecule has 45 heavy (non-hydrogen) atoms. The summed E-state index contributed by atoms with van der Waals surface area (Å²) in [5, 5.41) is 1.22. The van der Waals surface area contributed by atoms with Crippen molar-refractivity contribution in [1.82, 2.24) is 14.7 Å². The first-order chi connectivity index (χ1) is 21.3. The molecule has 10 heteroatoms. The highest BCUT2D eigenvalue weighted by atomic mass is 35.5. The molecule has 0 aromatic heterocycles. The van der Waals surface area contributed by atoms with Crippen molar-refractivity contribution < 1.29 is 14.3 Å². The number of aliphatic imine (C=N–C) groups is 1. The van der Waals surface area contributed by atoms with Gasteiger partial charge in [-0.1, -0.05) is 74.3 Å². The molecule has 238 valence electrons.